The van der Waals surface area contributed by atoms with Crippen molar-refractivity contribution < 1.29 is 0 Å². The highest BCUT2D eigenvalue weighted by Crippen LogP contribution is 2.17. The molecule has 0 bridgehead atoms. The van der Waals surface area contributed by atoms with Crippen LogP contribution in [0, 0.1) is 18.3 Å². The van der Waals surface area contributed by atoms with Crippen LogP contribution in [0.5, 0.6) is 0 Å². The summed E-state index contributed by atoms with van der Waals surface area (Å²) in [5, 5.41) is 13.1. The van der Waals surface area contributed by atoms with Gasteiger partial charge < -0.3 is 0 Å². The Morgan fingerprint density at radius 2 is 2.27 bits per heavy atom. The largest absolute Gasteiger partial charge is 0.240 e. The molecule has 0 spiro atoms. The van der Waals surface area contributed by atoms with Gasteiger partial charge >= 0.3 is 0 Å². The van der Waals surface area contributed by atoms with E-state index < -0.39 is 0 Å². The average molecular weight is 262 g/mol. The van der Waals surface area contributed by atoms with Crippen molar-refractivity contribution >= 4 is 15.9 Å². The molecule has 3 nitrogen and oxygen atoms in total. The highest BCUT2D eigenvalue weighted by atomic mass is 79.9. The Balaban J connectivity index is 2.50. The predicted octanol–water partition coefficient (Wildman–Crippen LogP) is 2.81. The molecule has 1 aromatic carbocycles. The topological polar surface area (TPSA) is 41.6 Å². The molecule has 0 atom stereocenters. The first kappa shape index (κ1) is 9.94. The summed E-state index contributed by atoms with van der Waals surface area (Å²) in [7, 11) is 0. The fourth-order valence-electron chi connectivity index (χ4n) is 1.29. The van der Waals surface area contributed by atoms with Crippen molar-refractivity contribution in [3.8, 4) is 11.8 Å². The number of nitriles is 1. The minimum absolute atomic E-state index is 0.636. The van der Waals surface area contributed by atoms with E-state index in [1.54, 1.807) is 16.8 Å². The molecule has 2 rings (SSSR count). The Morgan fingerprint density at radius 1 is 1.47 bits per heavy atom. The average Bonchev–Trinajstić information content (AvgIpc) is 2.59. The second kappa shape index (κ2) is 3.87. The number of benzene rings is 1. The molecule has 0 unspecified atom stereocenters. The van der Waals surface area contributed by atoms with Crippen molar-refractivity contribution in [2.75, 3.05) is 0 Å². The molecular weight excluding hydrogens is 254 g/mol. The Morgan fingerprint density at radius 3 is 2.87 bits per heavy atom. The Bertz CT molecular complexity index is 518. The molecule has 0 amide bonds. The van der Waals surface area contributed by atoms with E-state index in [9.17, 15) is 0 Å². The van der Waals surface area contributed by atoms with Crippen LogP contribution in [-0.2, 0) is 0 Å². The highest BCUT2D eigenvalue weighted by molar-refractivity contribution is 9.10. The third-order valence-corrected chi connectivity index (χ3v) is 2.86. The first-order valence-corrected chi connectivity index (χ1v) is 5.22. The van der Waals surface area contributed by atoms with E-state index in [0.717, 1.165) is 15.9 Å². The van der Waals surface area contributed by atoms with Crippen LogP contribution in [0.15, 0.2) is 34.9 Å². The van der Waals surface area contributed by atoms with Gasteiger partial charge in [-0.2, -0.15) is 10.4 Å². The molecule has 0 fully saturated rings. The molecule has 0 saturated carbocycles. The van der Waals surface area contributed by atoms with Crippen LogP contribution >= 0.6 is 15.9 Å². The van der Waals surface area contributed by atoms with Crippen LogP contribution in [0.4, 0.5) is 0 Å². The lowest BCUT2D eigenvalue weighted by atomic mass is 10.2. The SMILES string of the molecule is Cc1nn(-c2cccc(C#N)c2)cc1Br. The molecule has 0 aliphatic rings. The summed E-state index contributed by atoms with van der Waals surface area (Å²) in [6, 6.07) is 9.45. The van der Waals surface area contributed by atoms with Crippen molar-refractivity contribution in [1.82, 2.24) is 9.78 Å². The second-order valence-corrected chi connectivity index (χ2v) is 4.02. The van der Waals surface area contributed by atoms with Gasteiger partial charge in [0.15, 0.2) is 0 Å². The van der Waals surface area contributed by atoms with Crippen molar-refractivity contribution in [2.24, 2.45) is 0 Å². The molecule has 0 saturated heterocycles. The second-order valence-electron chi connectivity index (χ2n) is 3.17. The zero-order valence-corrected chi connectivity index (χ0v) is 9.69. The first-order chi connectivity index (χ1) is 7.20. The van der Waals surface area contributed by atoms with Gasteiger partial charge in [-0.1, -0.05) is 6.07 Å². The van der Waals surface area contributed by atoms with Crippen LogP contribution in [0.25, 0.3) is 5.69 Å². The maximum Gasteiger partial charge on any atom is 0.0992 e. The van der Waals surface area contributed by atoms with Crippen LogP contribution in [0.2, 0.25) is 0 Å². The molecule has 15 heavy (non-hydrogen) atoms. The van der Waals surface area contributed by atoms with Crippen LogP contribution in [0.3, 0.4) is 0 Å². The van der Waals surface area contributed by atoms with Gasteiger partial charge in [0, 0.05) is 6.20 Å². The lowest BCUT2D eigenvalue weighted by Gasteiger charge is -2.00. The van der Waals surface area contributed by atoms with Gasteiger partial charge in [0.25, 0.3) is 0 Å². The molecule has 1 heterocycles. The summed E-state index contributed by atoms with van der Waals surface area (Å²) in [5.41, 5.74) is 2.46. The lowest BCUT2D eigenvalue weighted by molar-refractivity contribution is 0.862. The summed E-state index contributed by atoms with van der Waals surface area (Å²) >= 11 is 3.40. The number of hydrogen-bond acceptors (Lipinski definition) is 2. The number of aryl methyl sites for hydroxylation is 1. The molecule has 0 N–H and O–H groups in total. The third kappa shape index (κ3) is 1.92. The zero-order valence-electron chi connectivity index (χ0n) is 8.11. The molecule has 0 aliphatic carbocycles. The number of nitrogens with zero attached hydrogens (tertiary/aromatic N) is 3. The molecule has 4 heteroatoms. The van der Waals surface area contributed by atoms with E-state index in [1.165, 1.54) is 0 Å². The van der Waals surface area contributed by atoms with Gasteiger partial charge in [0.2, 0.25) is 0 Å². The molecule has 0 radical (unpaired) electrons. The van der Waals surface area contributed by atoms with Crippen LogP contribution < -0.4 is 0 Å². The first-order valence-electron chi connectivity index (χ1n) is 4.43. The predicted molar refractivity (Wildman–Crippen MR) is 60.7 cm³/mol. The summed E-state index contributed by atoms with van der Waals surface area (Å²) < 4.78 is 2.71. The minimum atomic E-state index is 0.636. The van der Waals surface area contributed by atoms with Gasteiger partial charge in [-0.15, -0.1) is 0 Å². The maximum absolute atomic E-state index is 8.78. The quantitative estimate of drug-likeness (QED) is 0.792. The summed E-state index contributed by atoms with van der Waals surface area (Å²) in [6.45, 7) is 1.93. The summed E-state index contributed by atoms with van der Waals surface area (Å²) in [6.07, 6.45) is 1.88. The van der Waals surface area contributed by atoms with Gasteiger partial charge in [-0.25, -0.2) is 4.68 Å². The Labute approximate surface area is 96.1 Å². The van der Waals surface area contributed by atoms with Gasteiger partial charge in [0.05, 0.1) is 27.5 Å². The molecule has 1 aromatic heterocycles. The lowest BCUT2D eigenvalue weighted by Crippen LogP contribution is -1.94. The van der Waals surface area contributed by atoms with Gasteiger partial charge in [-0.3, -0.25) is 0 Å². The van der Waals surface area contributed by atoms with Gasteiger partial charge in [0.1, 0.15) is 0 Å². The molecule has 74 valence electrons. The van der Waals surface area contributed by atoms with Crippen molar-refractivity contribution in [3.63, 3.8) is 0 Å². The Kier molecular flexibility index (Phi) is 2.57. The summed E-state index contributed by atoms with van der Waals surface area (Å²) in [4.78, 5) is 0. The third-order valence-electron chi connectivity index (χ3n) is 2.08. The standard InChI is InChI=1S/C11H8BrN3/c1-8-11(12)7-15(14-8)10-4-2-3-9(5-10)6-13/h2-5,7H,1H3. The molecular formula is C11H8BrN3. The number of aromatic nitrogens is 2. The van der Waals surface area contributed by atoms with E-state index in [4.69, 9.17) is 5.26 Å². The van der Waals surface area contributed by atoms with Gasteiger partial charge in [-0.05, 0) is 41.1 Å². The van der Waals surface area contributed by atoms with E-state index in [2.05, 4.69) is 27.1 Å². The normalized spacial score (nSPS) is 9.93. The fourth-order valence-corrected chi connectivity index (χ4v) is 1.56. The highest BCUT2D eigenvalue weighted by Gasteiger charge is 2.03. The van der Waals surface area contributed by atoms with Crippen molar-refractivity contribution in [2.45, 2.75) is 6.92 Å². The number of rotatable bonds is 1. The maximum atomic E-state index is 8.78. The van der Waals surface area contributed by atoms with E-state index in [-0.39, 0.29) is 0 Å². The minimum Gasteiger partial charge on any atom is -0.240 e. The smallest absolute Gasteiger partial charge is 0.0992 e. The van der Waals surface area contributed by atoms with E-state index in [0.29, 0.717) is 5.56 Å². The molecule has 0 aliphatic heterocycles. The molecule has 2 aromatic rings. The fraction of sp³-hybridized carbons (Fsp3) is 0.0909. The van der Waals surface area contributed by atoms with Crippen molar-refractivity contribution in [1.29, 1.82) is 5.26 Å². The monoisotopic (exact) mass is 261 g/mol. The summed E-state index contributed by atoms with van der Waals surface area (Å²) in [5.74, 6) is 0. The number of halogens is 1. The Hall–Kier alpha value is -1.60. The van der Waals surface area contributed by atoms with Crippen LogP contribution in [-0.4, -0.2) is 9.78 Å². The van der Waals surface area contributed by atoms with E-state index >= 15 is 0 Å². The van der Waals surface area contributed by atoms with Crippen LogP contribution in [0.1, 0.15) is 11.3 Å². The van der Waals surface area contributed by atoms with E-state index in [1.807, 2.05) is 25.3 Å². The zero-order chi connectivity index (χ0) is 10.8. The van der Waals surface area contributed by atoms with Crippen molar-refractivity contribution in [3.05, 3.63) is 46.2 Å². The number of hydrogen-bond donors (Lipinski definition) is 0.